The number of carbonyl (C=O) groups is 1. The Bertz CT molecular complexity index is 390. The number of methoxy groups -OCH3 is 1. The molecule has 0 aromatic heterocycles. The van der Waals surface area contributed by atoms with Crippen molar-refractivity contribution in [1.29, 1.82) is 0 Å². The van der Waals surface area contributed by atoms with Crippen LogP contribution in [0.4, 0.5) is 10.5 Å². The smallest absolute Gasteiger partial charge is 0.409 e. The molecule has 5 nitrogen and oxygen atoms in total. The number of hydrogen-bond donors (Lipinski definition) is 2. The van der Waals surface area contributed by atoms with Crippen molar-refractivity contribution in [2.45, 2.75) is 0 Å². The normalized spacial score (nSPS) is 9.31. The molecule has 1 amide bonds. The van der Waals surface area contributed by atoms with Gasteiger partial charge in [0.15, 0.2) is 11.5 Å². The van der Waals surface area contributed by atoms with Crippen LogP contribution in [0.3, 0.4) is 0 Å². The summed E-state index contributed by atoms with van der Waals surface area (Å²) in [6.45, 7) is 3.90. The first-order valence-corrected chi connectivity index (χ1v) is 4.59. The van der Waals surface area contributed by atoms with Crippen LogP contribution in [0.1, 0.15) is 0 Å². The highest BCUT2D eigenvalue weighted by Gasteiger charge is 2.06. The second-order valence-electron chi connectivity index (χ2n) is 2.90. The van der Waals surface area contributed by atoms with Gasteiger partial charge in [0.25, 0.3) is 0 Å². The Balaban J connectivity index is 2.87. The van der Waals surface area contributed by atoms with Crippen molar-refractivity contribution < 1.29 is 19.4 Å². The van der Waals surface area contributed by atoms with Crippen molar-refractivity contribution in [2.75, 3.05) is 19.0 Å². The second-order valence-corrected chi connectivity index (χ2v) is 2.90. The molecular formula is C11H13NO4. The maximum atomic E-state index is 10.4. The summed E-state index contributed by atoms with van der Waals surface area (Å²) in [7, 11) is 1.49. The minimum Gasteiger partial charge on any atom is -0.493 e. The van der Waals surface area contributed by atoms with Gasteiger partial charge in [-0.05, 0) is 12.1 Å². The number of nitrogens with one attached hydrogen (secondary N) is 1. The monoisotopic (exact) mass is 223 g/mol. The standard InChI is InChI=1S/C11H13NO4/c1-3-6-16-9-5-4-8(12-11(13)14)7-10(9)15-2/h3-5,7,12H,1,6H2,2H3,(H,13,14). The van der Waals surface area contributed by atoms with E-state index in [-0.39, 0.29) is 0 Å². The van der Waals surface area contributed by atoms with E-state index in [1.807, 2.05) is 0 Å². The zero-order valence-electron chi connectivity index (χ0n) is 8.90. The lowest BCUT2D eigenvalue weighted by molar-refractivity contribution is 0.209. The molecule has 16 heavy (non-hydrogen) atoms. The van der Waals surface area contributed by atoms with Gasteiger partial charge >= 0.3 is 6.09 Å². The van der Waals surface area contributed by atoms with E-state index in [9.17, 15) is 4.79 Å². The molecule has 0 unspecified atom stereocenters. The highest BCUT2D eigenvalue weighted by atomic mass is 16.5. The highest BCUT2D eigenvalue weighted by molar-refractivity contribution is 5.83. The number of rotatable bonds is 5. The van der Waals surface area contributed by atoms with Gasteiger partial charge in [0.05, 0.1) is 7.11 Å². The molecule has 1 aromatic rings. The Morgan fingerprint density at radius 2 is 2.31 bits per heavy atom. The Morgan fingerprint density at radius 1 is 1.56 bits per heavy atom. The van der Waals surface area contributed by atoms with Crippen molar-refractivity contribution in [2.24, 2.45) is 0 Å². The molecule has 0 heterocycles. The molecular weight excluding hydrogens is 210 g/mol. The predicted octanol–water partition coefficient (Wildman–Crippen LogP) is 2.35. The molecule has 0 saturated carbocycles. The van der Waals surface area contributed by atoms with E-state index in [0.717, 1.165) is 0 Å². The summed E-state index contributed by atoms with van der Waals surface area (Å²) in [6.07, 6.45) is 0.491. The van der Waals surface area contributed by atoms with Gasteiger partial charge in [0, 0.05) is 11.8 Å². The van der Waals surface area contributed by atoms with Gasteiger partial charge in [-0.1, -0.05) is 12.7 Å². The Labute approximate surface area is 93.3 Å². The van der Waals surface area contributed by atoms with Crippen LogP contribution in [0.15, 0.2) is 30.9 Å². The van der Waals surface area contributed by atoms with Gasteiger partial charge in [-0.2, -0.15) is 0 Å². The minimum absolute atomic E-state index is 0.363. The summed E-state index contributed by atoms with van der Waals surface area (Å²) >= 11 is 0. The lowest BCUT2D eigenvalue weighted by Gasteiger charge is -2.10. The summed E-state index contributed by atoms with van der Waals surface area (Å²) in [5, 5.41) is 10.8. The number of hydrogen-bond acceptors (Lipinski definition) is 3. The number of amides is 1. The van der Waals surface area contributed by atoms with Crippen molar-refractivity contribution in [3.63, 3.8) is 0 Å². The van der Waals surface area contributed by atoms with Crippen molar-refractivity contribution in [3.05, 3.63) is 30.9 Å². The molecule has 5 heteroatoms. The maximum Gasteiger partial charge on any atom is 0.409 e. The van der Waals surface area contributed by atoms with Crippen LogP contribution in [-0.2, 0) is 0 Å². The van der Waals surface area contributed by atoms with Gasteiger partial charge in [-0.3, -0.25) is 5.32 Å². The number of anilines is 1. The highest BCUT2D eigenvalue weighted by Crippen LogP contribution is 2.30. The molecule has 0 fully saturated rings. The largest absolute Gasteiger partial charge is 0.493 e. The maximum absolute atomic E-state index is 10.4. The van der Waals surface area contributed by atoms with E-state index in [1.165, 1.54) is 7.11 Å². The fourth-order valence-corrected chi connectivity index (χ4v) is 1.14. The van der Waals surface area contributed by atoms with Gasteiger partial charge in [-0.15, -0.1) is 0 Å². The van der Waals surface area contributed by atoms with Crippen LogP contribution < -0.4 is 14.8 Å². The molecule has 2 N–H and O–H groups in total. The zero-order valence-corrected chi connectivity index (χ0v) is 8.90. The van der Waals surface area contributed by atoms with E-state index < -0.39 is 6.09 Å². The van der Waals surface area contributed by atoms with Crippen LogP contribution in [0.2, 0.25) is 0 Å². The van der Waals surface area contributed by atoms with Crippen molar-refractivity contribution in [1.82, 2.24) is 0 Å². The first-order valence-electron chi connectivity index (χ1n) is 4.59. The van der Waals surface area contributed by atoms with E-state index in [0.29, 0.717) is 23.8 Å². The summed E-state index contributed by atoms with van der Waals surface area (Å²) < 4.78 is 10.4. The number of ether oxygens (including phenoxy) is 2. The lowest BCUT2D eigenvalue weighted by Crippen LogP contribution is -2.07. The van der Waals surface area contributed by atoms with Crippen molar-refractivity contribution in [3.8, 4) is 11.5 Å². The molecule has 0 radical (unpaired) electrons. The molecule has 1 rings (SSSR count). The van der Waals surface area contributed by atoms with Gasteiger partial charge in [0.2, 0.25) is 0 Å². The molecule has 0 aliphatic carbocycles. The lowest BCUT2D eigenvalue weighted by atomic mass is 10.3. The van der Waals surface area contributed by atoms with Gasteiger partial charge in [-0.25, -0.2) is 4.79 Å². The fourth-order valence-electron chi connectivity index (χ4n) is 1.14. The van der Waals surface area contributed by atoms with Crippen LogP contribution in [0, 0.1) is 0 Å². The van der Waals surface area contributed by atoms with Crippen LogP contribution in [0.5, 0.6) is 11.5 Å². The van der Waals surface area contributed by atoms with Gasteiger partial charge < -0.3 is 14.6 Å². The summed E-state index contributed by atoms with van der Waals surface area (Å²) in [5.41, 5.74) is 0.426. The third-order valence-electron chi connectivity index (χ3n) is 1.77. The number of benzene rings is 1. The minimum atomic E-state index is -1.12. The summed E-state index contributed by atoms with van der Waals surface area (Å²) in [4.78, 5) is 10.4. The molecule has 1 aromatic carbocycles. The topological polar surface area (TPSA) is 67.8 Å². The summed E-state index contributed by atoms with van der Waals surface area (Å²) in [5.74, 6) is 1.01. The average Bonchev–Trinajstić information content (AvgIpc) is 2.26. The summed E-state index contributed by atoms with van der Waals surface area (Å²) in [6, 6.07) is 4.77. The zero-order chi connectivity index (χ0) is 12.0. The number of carboxylic acid groups (broad SMARTS) is 1. The van der Waals surface area contributed by atoms with Crippen molar-refractivity contribution >= 4 is 11.8 Å². The molecule has 0 saturated heterocycles. The van der Waals surface area contributed by atoms with E-state index >= 15 is 0 Å². The third kappa shape index (κ3) is 3.20. The molecule has 0 bridgehead atoms. The van der Waals surface area contributed by atoms with Crippen LogP contribution in [-0.4, -0.2) is 24.9 Å². The third-order valence-corrected chi connectivity index (χ3v) is 1.77. The molecule has 0 aliphatic rings. The van der Waals surface area contributed by atoms with Crippen LogP contribution >= 0.6 is 0 Å². The van der Waals surface area contributed by atoms with E-state index in [4.69, 9.17) is 14.6 Å². The molecule has 0 atom stereocenters. The van der Waals surface area contributed by atoms with E-state index in [1.54, 1.807) is 24.3 Å². The molecule has 86 valence electrons. The SMILES string of the molecule is C=CCOc1ccc(NC(=O)O)cc1OC. The van der Waals surface area contributed by atoms with Crippen LogP contribution in [0.25, 0.3) is 0 Å². The Hall–Kier alpha value is -2.17. The van der Waals surface area contributed by atoms with E-state index in [2.05, 4.69) is 11.9 Å². The molecule has 0 aliphatic heterocycles. The quantitative estimate of drug-likeness (QED) is 0.752. The molecule has 0 spiro atoms. The predicted molar refractivity (Wildman–Crippen MR) is 60.3 cm³/mol. The second kappa shape index (κ2) is 5.65. The Kier molecular flexibility index (Phi) is 4.20. The first-order chi connectivity index (χ1) is 7.67. The fraction of sp³-hybridized carbons (Fsp3) is 0.182. The Morgan fingerprint density at radius 3 is 2.88 bits per heavy atom. The van der Waals surface area contributed by atoms with Gasteiger partial charge in [0.1, 0.15) is 6.61 Å². The first kappa shape index (κ1) is 11.9. The average molecular weight is 223 g/mol.